The van der Waals surface area contributed by atoms with Crippen LogP contribution < -0.4 is 5.32 Å². The van der Waals surface area contributed by atoms with E-state index in [9.17, 15) is 9.90 Å². The molecule has 0 saturated heterocycles. The molecule has 0 aliphatic heterocycles. The Balaban J connectivity index is 2.10. The molecule has 2 aromatic rings. The number of carbonyl (C=O) groups is 1. The van der Waals surface area contributed by atoms with Crippen LogP contribution in [0.4, 0.5) is 0 Å². The molecular formula is C14H16N2O2S. The average molecular weight is 276 g/mol. The van der Waals surface area contributed by atoms with Gasteiger partial charge in [0, 0.05) is 11.4 Å². The first kappa shape index (κ1) is 13.7. The molecule has 0 aliphatic rings. The predicted molar refractivity (Wildman–Crippen MR) is 75.2 cm³/mol. The van der Waals surface area contributed by atoms with Gasteiger partial charge in [-0.15, -0.1) is 11.3 Å². The van der Waals surface area contributed by atoms with Crippen molar-refractivity contribution in [2.75, 3.05) is 0 Å². The summed E-state index contributed by atoms with van der Waals surface area (Å²) in [5, 5.41) is 13.4. The number of thiazole rings is 1. The summed E-state index contributed by atoms with van der Waals surface area (Å²) in [5.41, 5.74) is 1.72. The maximum absolute atomic E-state index is 11.3. The molecule has 0 radical (unpaired) electrons. The van der Waals surface area contributed by atoms with Gasteiger partial charge in [-0.3, -0.25) is 10.1 Å². The highest BCUT2D eigenvalue weighted by Gasteiger charge is 2.19. The summed E-state index contributed by atoms with van der Waals surface area (Å²) in [6.45, 7) is 4.41. The van der Waals surface area contributed by atoms with E-state index in [2.05, 4.69) is 10.3 Å². The molecule has 19 heavy (non-hydrogen) atoms. The van der Waals surface area contributed by atoms with E-state index in [-0.39, 0.29) is 0 Å². The molecular weight excluding hydrogens is 260 g/mol. The minimum Gasteiger partial charge on any atom is -0.480 e. The van der Waals surface area contributed by atoms with Gasteiger partial charge in [-0.25, -0.2) is 4.98 Å². The van der Waals surface area contributed by atoms with Gasteiger partial charge in [-0.05, 0) is 19.4 Å². The number of aromatic nitrogens is 1. The Morgan fingerprint density at radius 1 is 1.37 bits per heavy atom. The van der Waals surface area contributed by atoms with Crippen LogP contribution in [0.2, 0.25) is 0 Å². The lowest BCUT2D eigenvalue weighted by molar-refractivity contribution is -0.139. The van der Waals surface area contributed by atoms with Crippen LogP contribution >= 0.6 is 11.3 Å². The van der Waals surface area contributed by atoms with Crippen LogP contribution in [-0.2, 0) is 11.3 Å². The van der Waals surface area contributed by atoms with Crippen molar-refractivity contribution < 1.29 is 9.90 Å². The van der Waals surface area contributed by atoms with Gasteiger partial charge in [0.15, 0.2) is 0 Å². The summed E-state index contributed by atoms with van der Waals surface area (Å²) in [6, 6.07) is 8.50. The van der Waals surface area contributed by atoms with Crippen LogP contribution in [0.5, 0.6) is 0 Å². The molecule has 0 saturated carbocycles. The molecule has 1 aromatic carbocycles. The average Bonchev–Trinajstić information content (AvgIpc) is 2.69. The number of nitrogens with zero attached hydrogens (tertiary/aromatic N) is 1. The third-order valence-corrected chi connectivity index (χ3v) is 3.92. The Morgan fingerprint density at radius 2 is 2.05 bits per heavy atom. The smallest absolute Gasteiger partial charge is 0.325 e. The van der Waals surface area contributed by atoms with Crippen LogP contribution in [0.15, 0.2) is 30.3 Å². The molecule has 0 fully saturated rings. The normalized spacial score (nSPS) is 12.3. The molecule has 1 unspecified atom stereocenters. The summed E-state index contributed by atoms with van der Waals surface area (Å²) in [4.78, 5) is 16.8. The van der Waals surface area contributed by atoms with Crippen molar-refractivity contribution in [2.24, 2.45) is 0 Å². The van der Waals surface area contributed by atoms with E-state index in [0.717, 1.165) is 21.1 Å². The predicted octanol–water partition coefficient (Wildman–Crippen LogP) is 2.68. The molecule has 0 spiro atoms. The van der Waals surface area contributed by atoms with E-state index in [1.807, 2.05) is 44.2 Å². The summed E-state index contributed by atoms with van der Waals surface area (Å²) in [5.74, 6) is -0.870. The number of carboxylic acid groups (broad SMARTS) is 1. The number of aryl methyl sites for hydroxylation is 2. The van der Waals surface area contributed by atoms with Crippen LogP contribution in [0.1, 0.15) is 27.2 Å². The fourth-order valence-corrected chi connectivity index (χ4v) is 2.81. The highest BCUT2D eigenvalue weighted by molar-refractivity contribution is 7.11. The Hall–Kier alpha value is -1.72. The zero-order chi connectivity index (χ0) is 13.8. The zero-order valence-corrected chi connectivity index (χ0v) is 11.7. The van der Waals surface area contributed by atoms with Crippen LogP contribution in [-0.4, -0.2) is 16.1 Å². The lowest BCUT2D eigenvalue weighted by atomic mass is 10.1. The Bertz CT molecular complexity index is 566. The summed E-state index contributed by atoms with van der Waals surface area (Å²) in [7, 11) is 0. The third-order valence-electron chi connectivity index (χ3n) is 2.85. The van der Waals surface area contributed by atoms with E-state index in [1.165, 1.54) is 0 Å². The monoisotopic (exact) mass is 276 g/mol. The van der Waals surface area contributed by atoms with E-state index in [4.69, 9.17) is 0 Å². The van der Waals surface area contributed by atoms with E-state index >= 15 is 0 Å². The fraction of sp³-hybridized carbons (Fsp3) is 0.286. The van der Waals surface area contributed by atoms with Crippen molar-refractivity contribution in [1.82, 2.24) is 10.3 Å². The molecule has 0 bridgehead atoms. The number of carboxylic acids is 1. The van der Waals surface area contributed by atoms with Crippen LogP contribution in [0, 0.1) is 13.8 Å². The molecule has 100 valence electrons. The van der Waals surface area contributed by atoms with Crippen molar-refractivity contribution >= 4 is 17.3 Å². The molecule has 1 heterocycles. The number of nitrogens with one attached hydrogen (secondary N) is 1. The molecule has 5 heteroatoms. The Labute approximate surface area is 116 Å². The maximum atomic E-state index is 11.3. The molecule has 0 amide bonds. The van der Waals surface area contributed by atoms with Crippen LogP contribution in [0.3, 0.4) is 0 Å². The highest BCUT2D eigenvalue weighted by atomic mass is 32.1. The first-order valence-corrected chi connectivity index (χ1v) is 6.83. The van der Waals surface area contributed by atoms with Gasteiger partial charge in [-0.1, -0.05) is 30.3 Å². The van der Waals surface area contributed by atoms with E-state index in [1.54, 1.807) is 11.3 Å². The SMILES string of the molecule is Cc1nc(C)c(CNC(C(=O)O)c2ccccc2)s1. The third kappa shape index (κ3) is 3.39. The quantitative estimate of drug-likeness (QED) is 0.881. The molecule has 2 N–H and O–H groups in total. The Kier molecular flexibility index (Phi) is 4.29. The number of hydrogen-bond acceptors (Lipinski definition) is 4. The van der Waals surface area contributed by atoms with Gasteiger partial charge in [0.05, 0.1) is 10.7 Å². The van der Waals surface area contributed by atoms with Crippen molar-refractivity contribution in [1.29, 1.82) is 0 Å². The minimum atomic E-state index is -0.870. The zero-order valence-electron chi connectivity index (χ0n) is 10.9. The summed E-state index contributed by atoms with van der Waals surface area (Å²) < 4.78 is 0. The topological polar surface area (TPSA) is 62.2 Å². The fourth-order valence-electron chi connectivity index (χ4n) is 1.93. The second kappa shape index (κ2) is 5.95. The lowest BCUT2D eigenvalue weighted by Gasteiger charge is -2.14. The first-order valence-electron chi connectivity index (χ1n) is 6.02. The highest BCUT2D eigenvalue weighted by Crippen LogP contribution is 2.19. The van der Waals surface area contributed by atoms with Crippen molar-refractivity contribution in [3.05, 3.63) is 51.5 Å². The van der Waals surface area contributed by atoms with Crippen molar-refractivity contribution in [3.8, 4) is 0 Å². The Morgan fingerprint density at radius 3 is 2.58 bits per heavy atom. The lowest BCUT2D eigenvalue weighted by Crippen LogP contribution is -2.28. The van der Waals surface area contributed by atoms with Crippen molar-refractivity contribution in [2.45, 2.75) is 26.4 Å². The second-order valence-electron chi connectivity index (χ2n) is 4.30. The van der Waals surface area contributed by atoms with Crippen LogP contribution in [0.25, 0.3) is 0 Å². The number of benzene rings is 1. The summed E-state index contributed by atoms with van der Waals surface area (Å²) >= 11 is 1.60. The van der Waals surface area contributed by atoms with E-state index in [0.29, 0.717) is 6.54 Å². The largest absolute Gasteiger partial charge is 0.480 e. The van der Waals surface area contributed by atoms with Crippen molar-refractivity contribution in [3.63, 3.8) is 0 Å². The number of hydrogen-bond donors (Lipinski definition) is 2. The molecule has 4 nitrogen and oxygen atoms in total. The minimum absolute atomic E-state index is 0.517. The number of rotatable bonds is 5. The molecule has 0 aliphatic carbocycles. The first-order chi connectivity index (χ1) is 9.08. The van der Waals surface area contributed by atoms with Gasteiger partial charge in [0.25, 0.3) is 0 Å². The summed E-state index contributed by atoms with van der Waals surface area (Å²) in [6.07, 6.45) is 0. The molecule has 2 rings (SSSR count). The van der Waals surface area contributed by atoms with Gasteiger partial charge in [0.2, 0.25) is 0 Å². The molecule has 1 atom stereocenters. The van der Waals surface area contributed by atoms with Gasteiger partial charge >= 0.3 is 5.97 Å². The second-order valence-corrected chi connectivity index (χ2v) is 5.59. The van der Waals surface area contributed by atoms with Gasteiger partial charge in [-0.2, -0.15) is 0 Å². The van der Waals surface area contributed by atoms with Gasteiger partial charge in [0.1, 0.15) is 6.04 Å². The number of aliphatic carboxylic acids is 1. The standard InChI is InChI=1S/C14H16N2O2S/c1-9-12(19-10(2)16-9)8-15-13(14(17)18)11-6-4-3-5-7-11/h3-7,13,15H,8H2,1-2H3,(H,17,18). The maximum Gasteiger partial charge on any atom is 0.325 e. The molecule has 1 aromatic heterocycles. The van der Waals surface area contributed by atoms with E-state index < -0.39 is 12.0 Å². The van der Waals surface area contributed by atoms with Gasteiger partial charge < -0.3 is 5.11 Å².